The molecule has 0 radical (unpaired) electrons. The summed E-state index contributed by atoms with van der Waals surface area (Å²) in [5, 5.41) is 7.01. The van der Waals surface area contributed by atoms with Gasteiger partial charge in [-0.05, 0) is 50.4 Å². The third-order valence-corrected chi connectivity index (χ3v) is 5.62. The van der Waals surface area contributed by atoms with Crippen molar-refractivity contribution in [3.8, 4) is 0 Å². The summed E-state index contributed by atoms with van der Waals surface area (Å²) in [5.41, 5.74) is 0.600. The molecule has 1 amide bonds. The Balaban J connectivity index is 1.34. The van der Waals surface area contributed by atoms with E-state index in [0.29, 0.717) is 40.6 Å². The summed E-state index contributed by atoms with van der Waals surface area (Å²) in [4.78, 5) is 31.2. The number of rotatable bonds is 8. The molecule has 0 spiro atoms. The molecule has 1 aliphatic rings. The average molecular weight is 375 g/mol. The fourth-order valence-corrected chi connectivity index (χ4v) is 4.02. The highest BCUT2D eigenvalue weighted by molar-refractivity contribution is 7.98. The van der Waals surface area contributed by atoms with Crippen LogP contribution in [0.2, 0.25) is 0 Å². The van der Waals surface area contributed by atoms with E-state index in [-0.39, 0.29) is 11.5 Å². The molecular formula is C19H26N4O2S. The highest BCUT2D eigenvalue weighted by Gasteiger charge is 2.12. The van der Waals surface area contributed by atoms with Crippen LogP contribution in [-0.4, -0.2) is 41.3 Å². The van der Waals surface area contributed by atoms with Gasteiger partial charge in [-0.2, -0.15) is 11.8 Å². The molecule has 0 saturated carbocycles. The number of carbonyl (C=O) groups is 1. The number of benzene rings is 1. The Hall–Kier alpha value is -1.86. The van der Waals surface area contributed by atoms with Gasteiger partial charge in [-0.1, -0.05) is 12.1 Å². The quantitative estimate of drug-likeness (QED) is 0.616. The number of fused-ring (bicyclic) bond motifs is 1. The largest absolute Gasteiger partial charge is 0.356 e. The summed E-state index contributed by atoms with van der Waals surface area (Å²) >= 11 is 1.61. The predicted octanol–water partition coefficient (Wildman–Crippen LogP) is 2.05. The molecule has 1 saturated heterocycles. The first-order chi connectivity index (χ1) is 12.7. The second kappa shape index (κ2) is 9.73. The van der Waals surface area contributed by atoms with Gasteiger partial charge >= 0.3 is 0 Å². The standard InChI is InChI=1S/C19H26N4O2S/c24-18(21-10-7-14-4-3-9-20-12-14)8-11-26-13-17-22-16-6-2-1-5-15(16)19(25)23-17/h1-2,5-6,14,20H,3-4,7-13H2,(H,21,24)(H,22,23,25). The van der Waals surface area contributed by atoms with Crippen molar-refractivity contribution in [2.24, 2.45) is 5.92 Å². The Kier molecular flexibility index (Phi) is 7.08. The number of nitrogens with one attached hydrogen (secondary N) is 3. The normalized spacial score (nSPS) is 17.3. The maximum atomic E-state index is 12.0. The number of aromatic nitrogens is 2. The van der Waals surface area contributed by atoms with Gasteiger partial charge in [0, 0.05) is 18.7 Å². The van der Waals surface area contributed by atoms with E-state index in [4.69, 9.17) is 0 Å². The molecule has 6 nitrogen and oxygen atoms in total. The van der Waals surface area contributed by atoms with Gasteiger partial charge < -0.3 is 15.6 Å². The maximum Gasteiger partial charge on any atom is 0.258 e. The number of thioether (sulfide) groups is 1. The van der Waals surface area contributed by atoms with Crippen LogP contribution in [0.3, 0.4) is 0 Å². The van der Waals surface area contributed by atoms with Gasteiger partial charge in [0.05, 0.1) is 16.7 Å². The number of hydrogen-bond acceptors (Lipinski definition) is 5. The zero-order chi connectivity index (χ0) is 18.2. The van der Waals surface area contributed by atoms with Gasteiger partial charge in [0.15, 0.2) is 0 Å². The third-order valence-electron chi connectivity index (χ3n) is 4.65. The SMILES string of the molecule is O=C(CCSCc1nc2ccccc2c(=O)[nH]1)NCCC1CCCNC1. The van der Waals surface area contributed by atoms with E-state index >= 15 is 0 Å². The van der Waals surface area contributed by atoms with Crippen LogP contribution in [-0.2, 0) is 10.5 Å². The minimum absolute atomic E-state index is 0.0984. The smallest absolute Gasteiger partial charge is 0.258 e. The third kappa shape index (κ3) is 5.57. The molecule has 1 aromatic carbocycles. The summed E-state index contributed by atoms with van der Waals surface area (Å²) in [6, 6.07) is 7.32. The van der Waals surface area contributed by atoms with Gasteiger partial charge in [-0.3, -0.25) is 9.59 Å². The van der Waals surface area contributed by atoms with Crippen LogP contribution >= 0.6 is 11.8 Å². The zero-order valence-corrected chi connectivity index (χ0v) is 15.7. The first-order valence-electron chi connectivity index (χ1n) is 9.25. The number of H-pyrrole nitrogens is 1. The van der Waals surface area contributed by atoms with E-state index in [1.807, 2.05) is 18.2 Å². The molecule has 2 aromatic rings. The molecule has 140 valence electrons. The molecule has 1 aromatic heterocycles. The molecule has 1 unspecified atom stereocenters. The topological polar surface area (TPSA) is 86.9 Å². The molecule has 1 fully saturated rings. The van der Waals surface area contributed by atoms with E-state index in [0.717, 1.165) is 26.1 Å². The van der Waals surface area contributed by atoms with Crippen LogP contribution in [0.25, 0.3) is 10.9 Å². The van der Waals surface area contributed by atoms with Gasteiger partial charge in [0.1, 0.15) is 5.82 Å². The first kappa shape index (κ1) is 18.9. The summed E-state index contributed by atoms with van der Waals surface area (Å²) < 4.78 is 0. The van der Waals surface area contributed by atoms with Crippen LogP contribution in [0.1, 0.15) is 31.5 Å². The fraction of sp³-hybridized carbons (Fsp3) is 0.526. The van der Waals surface area contributed by atoms with Gasteiger partial charge in [0.2, 0.25) is 5.91 Å². The van der Waals surface area contributed by atoms with E-state index in [9.17, 15) is 9.59 Å². The van der Waals surface area contributed by atoms with Crippen LogP contribution in [0.5, 0.6) is 0 Å². The van der Waals surface area contributed by atoms with Gasteiger partial charge in [-0.15, -0.1) is 0 Å². The number of nitrogens with zero attached hydrogens (tertiary/aromatic N) is 1. The predicted molar refractivity (Wildman–Crippen MR) is 106 cm³/mol. The lowest BCUT2D eigenvalue weighted by molar-refractivity contribution is -0.120. The second-order valence-corrected chi connectivity index (χ2v) is 7.79. The molecule has 7 heteroatoms. The highest BCUT2D eigenvalue weighted by Crippen LogP contribution is 2.14. The van der Waals surface area contributed by atoms with Crippen molar-refractivity contribution in [2.75, 3.05) is 25.4 Å². The number of hydrogen-bond donors (Lipinski definition) is 3. The van der Waals surface area contributed by atoms with Crippen molar-refractivity contribution < 1.29 is 4.79 Å². The van der Waals surface area contributed by atoms with Gasteiger partial charge in [0.25, 0.3) is 5.56 Å². The van der Waals surface area contributed by atoms with Crippen LogP contribution in [0.15, 0.2) is 29.1 Å². The number of piperidine rings is 1. The van der Waals surface area contributed by atoms with E-state index < -0.39 is 0 Å². The Bertz CT molecular complexity index is 786. The Labute approximate surface area is 157 Å². The minimum atomic E-state index is -0.110. The molecule has 3 rings (SSSR count). The molecule has 1 aliphatic heterocycles. The summed E-state index contributed by atoms with van der Waals surface area (Å²) in [6.45, 7) is 2.95. The minimum Gasteiger partial charge on any atom is -0.356 e. The zero-order valence-electron chi connectivity index (χ0n) is 14.9. The molecule has 0 bridgehead atoms. The first-order valence-corrected chi connectivity index (χ1v) is 10.4. The number of aromatic amines is 1. The molecule has 2 heterocycles. The lowest BCUT2D eigenvalue weighted by atomic mass is 9.96. The Morgan fingerprint density at radius 2 is 2.23 bits per heavy atom. The van der Waals surface area contributed by atoms with Crippen molar-refractivity contribution in [3.63, 3.8) is 0 Å². The lowest BCUT2D eigenvalue weighted by Crippen LogP contribution is -2.33. The van der Waals surface area contributed by atoms with Crippen molar-refractivity contribution in [3.05, 3.63) is 40.4 Å². The Morgan fingerprint density at radius 3 is 3.08 bits per heavy atom. The lowest BCUT2D eigenvalue weighted by Gasteiger charge is -2.22. The maximum absolute atomic E-state index is 12.0. The summed E-state index contributed by atoms with van der Waals surface area (Å²) in [7, 11) is 0. The molecule has 26 heavy (non-hydrogen) atoms. The summed E-state index contributed by atoms with van der Waals surface area (Å²) in [5.74, 6) is 2.76. The van der Waals surface area contributed by atoms with Crippen molar-refractivity contribution in [2.45, 2.75) is 31.4 Å². The van der Waals surface area contributed by atoms with E-state index in [2.05, 4.69) is 20.6 Å². The number of amides is 1. The van der Waals surface area contributed by atoms with Crippen molar-refractivity contribution in [1.29, 1.82) is 0 Å². The molecule has 3 N–H and O–H groups in total. The summed E-state index contributed by atoms with van der Waals surface area (Å²) in [6.07, 6.45) is 4.04. The molecule has 1 atom stereocenters. The van der Waals surface area contributed by atoms with Gasteiger partial charge in [-0.25, -0.2) is 4.98 Å². The monoisotopic (exact) mass is 374 g/mol. The highest BCUT2D eigenvalue weighted by atomic mass is 32.2. The van der Waals surface area contributed by atoms with Crippen molar-refractivity contribution >= 4 is 28.6 Å². The molecule has 0 aliphatic carbocycles. The van der Waals surface area contributed by atoms with E-state index in [1.165, 1.54) is 12.8 Å². The Morgan fingerprint density at radius 1 is 1.35 bits per heavy atom. The number of para-hydroxylation sites is 1. The fourth-order valence-electron chi connectivity index (χ4n) is 3.21. The van der Waals surface area contributed by atoms with Crippen LogP contribution in [0, 0.1) is 5.92 Å². The second-order valence-electron chi connectivity index (χ2n) is 6.68. The average Bonchev–Trinajstić information content (AvgIpc) is 2.66. The van der Waals surface area contributed by atoms with E-state index in [1.54, 1.807) is 17.8 Å². The van der Waals surface area contributed by atoms with Crippen molar-refractivity contribution in [1.82, 2.24) is 20.6 Å². The van der Waals surface area contributed by atoms with Crippen LogP contribution in [0.4, 0.5) is 0 Å². The number of carbonyl (C=O) groups excluding carboxylic acids is 1. The molecular weight excluding hydrogens is 348 g/mol. The van der Waals surface area contributed by atoms with Crippen LogP contribution < -0.4 is 16.2 Å².